The molecule has 2 aliphatic rings. The molecule has 0 spiro atoms. The van der Waals surface area contributed by atoms with Crippen LogP contribution in [0.15, 0.2) is 18.2 Å². The molecule has 0 radical (unpaired) electrons. The number of carbonyl (C=O) groups is 3. The second kappa shape index (κ2) is 9.84. The number of carbonyl (C=O) groups excluding carboxylic acids is 3. The van der Waals surface area contributed by atoms with Gasteiger partial charge in [0.1, 0.15) is 0 Å². The summed E-state index contributed by atoms with van der Waals surface area (Å²) in [5, 5.41) is 2.73. The van der Waals surface area contributed by atoms with Crippen LogP contribution in [-0.4, -0.2) is 84.5 Å². The highest BCUT2D eigenvalue weighted by molar-refractivity contribution is 5.89. The Morgan fingerprint density at radius 2 is 1.83 bits per heavy atom. The van der Waals surface area contributed by atoms with Gasteiger partial charge in [0.15, 0.2) is 11.6 Å². The van der Waals surface area contributed by atoms with Crippen LogP contribution in [0, 0.1) is 11.6 Å². The van der Waals surface area contributed by atoms with Crippen molar-refractivity contribution in [2.75, 3.05) is 45.9 Å². The first kappa shape index (κ1) is 21.9. The SMILES string of the molecule is CCOC(=O)N1CCN(C(=O)CC2C(=O)NCCN2Cc2cccc(F)c2F)CC1. The van der Waals surface area contributed by atoms with Crippen molar-refractivity contribution in [1.82, 2.24) is 20.0 Å². The topological polar surface area (TPSA) is 82.2 Å². The molecule has 1 atom stereocenters. The monoisotopic (exact) mass is 424 g/mol. The summed E-state index contributed by atoms with van der Waals surface area (Å²) in [6.45, 7) is 4.28. The molecule has 2 heterocycles. The van der Waals surface area contributed by atoms with Gasteiger partial charge in [0.05, 0.1) is 19.1 Å². The molecule has 164 valence electrons. The van der Waals surface area contributed by atoms with Crippen LogP contribution in [0.1, 0.15) is 18.9 Å². The van der Waals surface area contributed by atoms with Crippen molar-refractivity contribution in [3.05, 3.63) is 35.4 Å². The van der Waals surface area contributed by atoms with Gasteiger partial charge in [-0.15, -0.1) is 0 Å². The third-order valence-electron chi connectivity index (χ3n) is 5.37. The van der Waals surface area contributed by atoms with Crippen LogP contribution in [0.4, 0.5) is 13.6 Å². The minimum Gasteiger partial charge on any atom is -0.450 e. The fraction of sp³-hybridized carbons (Fsp3) is 0.550. The summed E-state index contributed by atoms with van der Waals surface area (Å²) in [6, 6.07) is 3.16. The van der Waals surface area contributed by atoms with E-state index in [1.807, 2.05) is 0 Å². The van der Waals surface area contributed by atoms with E-state index in [-0.39, 0.29) is 37.0 Å². The first-order chi connectivity index (χ1) is 14.4. The number of benzene rings is 1. The third-order valence-corrected chi connectivity index (χ3v) is 5.37. The van der Waals surface area contributed by atoms with Gasteiger partial charge in [-0.2, -0.15) is 0 Å². The molecule has 1 N–H and O–H groups in total. The number of amides is 3. The Hall–Kier alpha value is -2.75. The van der Waals surface area contributed by atoms with Crippen LogP contribution in [0.3, 0.4) is 0 Å². The van der Waals surface area contributed by atoms with Crippen molar-refractivity contribution >= 4 is 17.9 Å². The van der Waals surface area contributed by atoms with Gasteiger partial charge >= 0.3 is 6.09 Å². The molecule has 8 nitrogen and oxygen atoms in total. The van der Waals surface area contributed by atoms with Crippen LogP contribution < -0.4 is 5.32 Å². The van der Waals surface area contributed by atoms with Gasteiger partial charge in [-0.3, -0.25) is 14.5 Å². The van der Waals surface area contributed by atoms with Crippen LogP contribution in [0.25, 0.3) is 0 Å². The van der Waals surface area contributed by atoms with E-state index in [1.165, 1.54) is 12.1 Å². The fourth-order valence-electron chi connectivity index (χ4n) is 3.71. The van der Waals surface area contributed by atoms with Crippen LogP contribution in [0.5, 0.6) is 0 Å². The molecule has 1 aromatic carbocycles. The fourth-order valence-corrected chi connectivity index (χ4v) is 3.71. The zero-order chi connectivity index (χ0) is 21.7. The highest BCUT2D eigenvalue weighted by Gasteiger charge is 2.34. The first-order valence-electron chi connectivity index (χ1n) is 10.0. The largest absolute Gasteiger partial charge is 0.450 e. The van der Waals surface area contributed by atoms with Gasteiger partial charge in [0.25, 0.3) is 0 Å². The van der Waals surface area contributed by atoms with E-state index in [4.69, 9.17) is 4.74 Å². The van der Waals surface area contributed by atoms with Gasteiger partial charge in [-0.25, -0.2) is 13.6 Å². The standard InChI is InChI=1S/C20H26F2N4O4/c1-2-30-20(29)25-10-8-24(9-11-25)17(27)12-16-19(28)23-6-7-26(16)13-14-4-3-5-15(21)18(14)22/h3-5,16H,2,6-13H2,1H3,(H,23,28). The van der Waals surface area contributed by atoms with Crippen molar-refractivity contribution in [2.24, 2.45) is 0 Å². The molecule has 10 heteroatoms. The summed E-state index contributed by atoms with van der Waals surface area (Å²) in [4.78, 5) is 41.8. The summed E-state index contributed by atoms with van der Waals surface area (Å²) in [6.07, 6.45) is -0.470. The Kier molecular flexibility index (Phi) is 7.20. The van der Waals surface area contributed by atoms with Crippen molar-refractivity contribution < 1.29 is 27.9 Å². The molecule has 2 aliphatic heterocycles. The lowest BCUT2D eigenvalue weighted by molar-refractivity contribution is -0.140. The average Bonchev–Trinajstić information content (AvgIpc) is 2.74. The summed E-state index contributed by atoms with van der Waals surface area (Å²) >= 11 is 0. The molecule has 1 aromatic rings. The maximum Gasteiger partial charge on any atom is 0.409 e. The van der Waals surface area contributed by atoms with Crippen LogP contribution in [0.2, 0.25) is 0 Å². The van der Waals surface area contributed by atoms with Gasteiger partial charge in [0.2, 0.25) is 11.8 Å². The van der Waals surface area contributed by atoms with Gasteiger partial charge in [-0.05, 0) is 13.0 Å². The Labute approximate surface area is 173 Å². The smallest absolute Gasteiger partial charge is 0.409 e. The van der Waals surface area contributed by atoms with E-state index in [0.29, 0.717) is 39.3 Å². The number of nitrogens with zero attached hydrogens (tertiary/aromatic N) is 3. The van der Waals surface area contributed by atoms with Crippen molar-refractivity contribution in [3.63, 3.8) is 0 Å². The molecule has 30 heavy (non-hydrogen) atoms. The van der Waals surface area contributed by atoms with Crippen molar-refractivity contribution in [3.8, 4) is 0 Å². The summed E-state index contributed by atoms with van der Waals surface area (Å²) in [7, 11) is 0. The lowest BCUT2D eigenvalue weighted by atomic mass is 10.1. The molecule has 3 rings (SSSR count). The van der Waals surface area contributed by atoms with E-state index in [9.17, 15) is 23.2 Å². The highest BCUT2D eigenvalue weighted by Crippen LogP contribution is 2.19. The van der Waals surface area contributed by atoms with Gasteiger partial charge in [0, 0.05) is 51.4 Å². The van der Waals surface area contributed by atoms with Crippen LogP contribution in [-0.2, 0) is 20.9 Å². The predicted molar refractivity (Wildman–Crippen MR) is 103 cm³/mol. The summed E-state index contributed by atoms with van der Waals surface area (Å²) in [5.74, 6) is -2.41. The number of hydrogen-bond acceptors (Lipinski definition) is 5. The van der Waals surface area contributed by atoms with E-state index < -0.39 is 23.8 Å². The minimum atomic E-state index is -0.943. The first-order valence-corrected chi connectivity index (χ1v) is 10.0. The second-order valence-corrected chi connectivity index (χ2v) is 7.26. The molecule has 2 saturated heterocycles. The maximum atomic E-state index is 14.1. The number of piperazine rings is 2. The van der Waals surface area contributed by atoms with Crippen molar-refractivity contribution in [1.29, 1.82) is 0 Å². The third kappa shape index (κ3) is 5.05. The number of hydrogen-bond donors (Lipinski definition) is 1. The molecule has 1 unspecified atom stereocenters. The molecular formula is C20H26F2N4O4. The molecule has 0 aromatic heterocycles. The number of rotatable bonds is 5. The number of nitrogens with one attached hydrogen (secondary N) is 1. The summed E-state index contributed by atoms with van der Waals surface area (Å²) < 4.78 is 32.6. The molecule has 0 bridgehead atoms. The van der Waals surface area contributed by atoms with Gasteiger partial charge in [-0.1, -0.05) is 12.1 Å². The average molecular weight is 424 g/mol. The Balaban J connectivity index is 1.61. The van der Waals surface area contributed by atoms with E-state index in [1.54, 1.807) is 21.6 Å². The maximum absolute atomic E-state index is 14.1. The van der Waals surface area contributed by atoms with Crippen molar-refractivity contribution in [2.45, 2.75) is 25.9 Å². The normalized spacial score (nSPS) is 20.1. The van der Waals surface area contributed by atoms with E-state index in [2.05, 4.69) is 5.32 Å². The van der Waals surface area contributed by atoms with E-state index >= 15 is 0 Å². The quantitative estimate of drug-likeness (QED) is 0.762. The number of halogens is 2. The summed E-state index contributed by atoms with van der Waals surface area (Å²) in [5.41, 5.74) is 0.144. The Bertz CT molecular complexity index is 799. The zero-order valence-corrected chi connectivity index (χ0v) is 16.9. The lowest BCUT2D eigenvalue weighted by Crippen LogP contribution is -2.57. The highest BCUT2D eigenvalue weighted by atomic mass is 19.2. The number of ether oxygens (including phenoxy) is 1. The second-order valence-electron chi connectivity index (χ2n) is 7.26. The predicted octanol–water partition coefficient (Wildman–Crippen LogP) is 0.956. The van der Waals surface area contributed by atoms with E-state index in [0.717, 1.165) is 6.07 Å². The van der Waals surface area contributed by atoms with Gasteiger partial charge < -0.3 is 19.9 Å². The minimum absolute atomic E-state index is 0.0333. The van der Waals surface area contributed by atoms with Crippen LogP contribution >= 0.6 is 0 Å². The molecule has 0 aliphatic carbocycles. The molecular weight excluding hydrogens is 398 g/mol. The molecule has 3 amide bonds. The Morgan fingerprint density at radius 1 is 1.13 bits per heavy atom. The molecule has 0 saturated carbocycles. The zero-order valence-electron chi connectivity index (χ0n) is 16.9. The lowest BCUT2D eigenvalue weighted by Gasteiger charge is -2.38. The Morgan fingerprint density at radius 3 is 2.53 bits per heavy atom. The molecule has 2 fully saturated rings.